The van der Waals surface area contributed by atoms with Crippen molar-refractivity contribution >= 4 is 17.7 Å². The minimum absolute atomic E-state index is 0.0697. The Morgan fingerprint density at radius 2 is 1.47 bits per heavy atom. The number of aromatic nitrogens is 7. The number of amides is 3. The Morgan fingerprint density at radius 3 is 2.15 bits per heavy atom. The molecular weight excluding hydrogens is 753 g/mol. The molecule has 1 atom stereocenters. The van der Waals surface area contributed by atoms with E-state index in [1.54, 1.807) is 57.2 Å². The van der Waals surface area contributed by atoms with Gasteiger partial charge >= 0.3 is 0 Å². The van der Waals surface area contributed by atoms with Crippen molar-refractivity contribution in [3.63, 3.8) is 0 Å². The third-order valence-electron chi connectivity index (χ3n) is 10.1. The van der Waals surface area contributed by atoms with Gasteiger partial charge in [-0.3, -0.25) is 14.4 Å². The lowest BCUT2D eigenvalue weighted by Gasteiger charge is -2.16. The average molecular weight is 793 g/mol. The molecule has 0 bridgehead atoms. The maximum atomic E-state index is 13.3. The van der Waals surface area contributed by atoms with Crippen LogP contribution in [0.5, 0.6) is 0 Å². The quantitative estimate of drug-likeness (QED) is 0.166. The molecule has 296 valence electrons. The van der Waals surface area contributed by atoms with Crippen molar-refractivity contribution in [3.8, 4) is 46.3 Å². The molecule has 0 saturated carbocycles. The molecule has 0 radical (unpaired) electrons. The molecule has 8 rings (SSSR count). The van der Waals surface area contributed by atoms with E-state index in [-0.39, 0.29) is 23.8 Å². The first-order valence-electron chi connectivity index (χ1n) is 19.6. The molecule has 1 aliphatic rings. The van der Waals surface area contributed by atoms with Crippen molar-refractivity contribution in [3.05, 3.63) is 168 Å². The number of benzene rings is 4. The molecule has 4 heterocycles. The molecule has 13 nitrogen and oxygen atoms in total. The van der Waals surface area contributed by atoms with Gasteiger partial charge in [-0.2, -0.15) is 15.3 Å². The average Bonchev–Trinajstić information content (AvgIpc) is 4.14. The third kappa shape index (κ3) is 9.07. The van der Waals surface area contributed by atoms with Gasteiger partial charge in [0, 0.05) is 72.8 Å². The van der Waals surface area contributed by atoms with Crippen LogP contribution in [-0.4, -0.2) is 83.1 Å². The Kier molecular flexibility index (Phi) is 11.7. The first-order chi connectivity index (χ1) is 29.4. The van der Waals surface area contributed by atoms with Crippen molar-refractivity contribution in [1.82, 2.24) is 49.9 Å². The number of hydrogen-bond acceptors (Lipinski definition) is 7. The van der Waals surface area contributed by atoms with Gasteiger partial charge in [0.15, 0.2) is 0 Å². The topological polar surface area (TPSA) is 145 Å². The third-order valence-corrected chi connectivity index (χ3v) is 10.1. The minimum atomic E-state index is -0.242. The molecule has 60 heavy (non-hydrogen) atoms. The van der Waals surface area contributed by atoms with Crippen molar-refractivity contribution < 1.29 is 14.4 Å². The molecule has 4 aromatic carbocycles. The summed E-state index contributed by atoms with van der Waals surface area (Å²) in [7, 11) is 0. The summed E-state index contributed by atoms with van der Waals surface area (Å²) in [5.74, 6) is 12.7. The number of hydrogen-bond donors (Lipinski definition) is 2. The van der Waals surface area contributed by atoms with Crippen LogP contribution in [0.1, 0.15) is 68.8 Å². The summed E-state index contributed by atoms with van der Waals surface area (Å²) in [5, 5.41) is 19.2. The van der Waals surface area contributed by atoms with Crippen LogP contribution in [0.15, 0.2) is 134 Å². The molecule has 0 aliphatic carbocycles. The van der Waals surface area contributed by atoms with Crippen LogP contribution in [-0.2, 0) is 4.79 Å². The summed E-state index contributed by atoms with van der Waals surface area (Å²) >= 11 is 0. The fraction of sp³-hybridized carbons (Fsp3) is 0.170. The fourth-order valence-electron chi connectivity index (χ4n) is 6.82. The van der Waals surface area contributed by atoms with E-state index in [0.717, 1.165) is 41.0 Å². The molecular formula is C47H40N10O3. The van der Waals surface area contributed by atoms with Crippen molar-refractivity contribution in [2.75, 3.05) is 26.2 Å². The standard InChI is InChI=1S/C47H40N10O3/c1-34(56-33-48-32-53-56)31-50-47(60)41-18-20-42(55-27-6-23-51-55)38(29-41)16-13-36-10-14-37(15-11-36)44-22-24-52-57(44)43-21-19-40(30-39(43)17-12-35-7-3-2-4-8-35)46(59)49-25-28-54-26-5-9-45(54)58/h2-4,6-8,10-11,14-15,18-24,27,29-30,32-34H,5,9,25-26,28,31H2,1H3,(H,49,59)(H,50,60). The normalized spacial score (nSPS) is 12.6. The van der Waals surface area contributed by atoms with E-state index in [2.05, 4.69) is 54.6 Å². The molecule has 1 unspecified atom stereocenters. The van der Waals surface area contributed by atoms with E-state index in [1.807, 2.05) is 96.7 Å². The zero-order chi connectivity index (χ0) is 41.3. The van der Waals surface area contributed by atoms with Crippen LogP contribution in [0.25, 0.3) is 22.6 Å². The summed E-state index contributed by atoms with van der Waals surface area (Å²) in [6.07, 6.45) is 9.75. The van der Waals surface area contributed by atoms with Crippen LogP contribution in [0.3, 0.4) is 0 Å². The Balaban J connectivity index is 1.03. The van der Waals surface area contributed by atoms with Gasteiger partial charge in [0.25, 0.3) is 11.8 Å². The van der Waals surface area contributed by atoms with Gasteiger partial charge in [-0.05, 0) is 86.1 Å². The van der Waals surface area contributed by atoms with E-state index < -0.39 is 0 Å². The molecule has 0 spiro atoms. The monoisotopic (exact) mass is 792 g/mol. The lowest BCUT2D eigenvalue weighted by Crippen LogP contribution is -2.35. The second-order valence-corrected chi connectivity index (χ2v) is 14.2. The van der Waals surface area contributed by atoms with Gasteiger partial charge in [0.1, 0.15) is 12.7 Å². The predicted molar refractivity (Wildman–Crippen MR) is 226 cm³/mol. The van der Waals surface area contributed by atoms with Crippen LogP contribution in [0.4, 0.5) is 0 Å². The highest BCUT2D eigenvalue weighted by Gasteiger charge is 2.20. The number of carbonyl (C=O) groups excluding carboxylic acids is 3. The van der Waals surface area contributed by atoms with E-state index in [1.165, 1.54) is 6.33 Å². The maximum Gasteiger partial charge on any atom is 0.251 e. The molecule has 1 saturated heterocycles. The highest BCUT2D eigenvalue weighted by atomic mass is 16.2. The van der Waals surface area contributed by atoms with E-state index in [0.29, 0.717) is 54.0 Å². The van der Waals surface area contributed by atoms with Crippen LogP contribution in [0, 0.1) is 23.7 Å². The van der Waals surface area contributed by atoms with Gasteiger partial charge in [-0.25, -0.2) is 19.0 Å². The SMILES string of the molecule is CC(CNC(=O)c1ccc(-n2cccn2)c(C#Cc2ccc(-c3ccnn3-c3ccc(C(=O)NCCN4CCCC4=O)cc3C#Cc3ccccc3)cc2)c1)n1cncn1. The zero-order valence-electron chi connectivity index (χ0n) is 32.8. The predicted octanol–water partition coefficient (Wildman–Crippen LogP) is 5.46. The van der Waals surface area contributed by atoms with E-state index >= 15 is 0 Å². The largest absolute Gasteiger partial charge is 0.350 e. The van der Waals surface area contributed by atoms with Gasteiger partial charge in [0.2, 0.25) is 5.91 Å². The fourth-order valence-corrected chi connectivity index (χ4v) is 6.82. The summed E-state index contributed by atoms with van der Waals surface area (Å²) < 4.78 is 5.23. The lowest BCUT2D eigenvalue weighted by atomic mass is 10.0. The second-order valence-electron chi connectivity index (χ2n) is 14.2. The number of rotatable bonds is 11. The summed E-state index contributed by atoms with van der Waals surface area (Å²) in [6.45, 7) is 3.90. The first-order valence-corrected chi connectivity index (χ1v) is 19.6. The molecule has 2 N–H and O–H groups in total. The number of likely N-dealkylation sites (tertiary alicyclic amines) is 1. The Bertz CT molecular complexity index is 2750. The van der Waals surface area contributed by atoms with Gasteiger partial charge < -0.3 is 15.5 Å². The maximum absolute atomic E-state index is 13.3. The zero-order valence-corrected chi connectivity index (χ0v) is 32.8. The Labute approximate surface area is 347 Å². The molecule has 7 aromatic rings. The highest BCUT2D eigenvalue weighted by Crippen LogP contribution is 2.26. The summed E-state index contributed by atoms with van der Waals surface area (Å²) in [5.41, 5.74) is 6.98. The smallest absolute Gasteiger partial charge is 0.251 e. The summed E-state index contributed by atoms with van der Waals surface area (Å²) in [4.78, 5) is 44.3. The Morgan fingerprint density at radius 1 is 0.750 bits per heavy atom. The number of nitrogens with one attached hydrogen (secondary N) is 2. The van der Waals surface area contributed by atoms with Gasteiger partial charge in [-0.1, -0.05) is 54.0 Å². The number of nitrogens with zero attached hydrogens (tertiary/aromatic N) is 8. The molecule has 3 amide bonds. The van der Waals surface area contributed by atoms with Crippen molar-refractivity contribution in [1.29, 1.82) is 0 Å². The Hall–Kier alpha value is -8.03. The van der Waals surface area contributed by atoms with Gasteiger partial charge in [0.05, 0.1) is 40.4 Å². The lowest BCUT2D eigenvalue weighted by molar-refractivity contribution is -0.127. The minimum Gasteiger partial charge on any atom is -0.350 e. The first kappa shape index (κ1) is 38.8. The van der Waals surface area contributed by atoms with Crippen LogP contribution in [0.2, 0.25) is 0 Å². The van der Waals surface area contributed by atoms with Crippen LogP contribution >= 0.6 is 0 Å². The second kappa shape index (κ2) is 18.1. The molecule has 1 aliphatic heterocycles. The van der Waals surface area contributed by atoms with Crippen molar-refractivity contribution in [2.24, 2.45) is 0 Å². The number of carbonyl (C=O) groups is 3. The molecule has 3 aromatic heterocycles. The van der Waals surface area contributed by atoms with E-state index in [9.17, 15) is 14.4 Å². The molecule has 1 fully saturated rings. The van der Waals surface area contributed by atoms with Crippen LogP contribution < -0.4 is 10.6 Å². The van der Waals surface area contributed by atoms with Crippen molar-refractivity contribution in [2.45, 2.75) is 25.8 Å². The van der Waals surface area contributed by atoms with Gasteiger partial charge in [-0.15, -0.1) is 0 Å². The van der Waals surface area contributed by atoms with E-state index in [4.69, 9.17) is 0 Å². The molecule has 13 heteroatoms. The highest BCUT2D eigenvalue weighted by molar-refractivity contribution is 5.95. The summed E-state index contributed by atoms with van der Waals surface area (Å²) in [6, 6.07) is 32.0.